The van der Waals surface area contributed by atoms with Crippen LogP contribution in [0, 0.1) is 0 Å². The Morgan fingerprint density at radius 1 is 1.37 bits per heavy atom. The van der Waals surface area contributed by atoms with Crippen LogP contribution in [0.3, 0.4) is 0 Å². The molecule has 0 aliphatic carbocycles. The Bertz CT molecular complexity index is 576. The fourth-order valence-corrected chi connectivity index (χ4v) is 2.67. The van der Waals surface area contributed by atoms with Gasteiger partial charge in [-0.05, 0) is 31.1 Å². The minimum atomic E-state index is 0.0306. The molecular weight excluding hydrogens is 238 g/mol. The van der Waals surface area contributed by atoms with Crippen molar-refractivity contribution in [3.05, 3.63) is 42.7 Å². The van der Waals surface area contributed by atoms with Crippen molar-refractivity contribution in [3.8, 4) is 0 Å². The molecule has 98 valence electrons. The van der Waals surface area contributed by atoms with Gasteiger partial charge in [-0.2, -0.15) is 0 Å². The van der Waals surface area contributed by atoms with Gasteiger partial charge in [0.2, 0.25) is 5.91 Å². The predicted molar refractivity (Wildman–Crippen MR) is 74.8 cm³/mol. The van der Waals surface area contributed by atoms with Gasteiger partial charge in [0.1, 0.15) is 5.82 Å². The SMILES string of the molecule is C=CC(=O)N1CCC(c2nc3ccccc3[nH]2)CC1. The van der Waals surface area contributed by atoms with Gasteiger partial charge in [0.25, 0.3) is 0 Å². The zero-order valence-corrected chi connectivity index (χ0v) is 10.8. The van der Waals surface area contributed by atoms with E-state index in [-0.39, 0.29) is 5.91 Å². The number of aromatic amines is 1. The van der Waals surface area contributed by atoms with Crippen molar-refractivity contribution in [2.75, 3.05) is 13.1 Å². The number of imidazole rings is 1. The average molecular weight is 255 g/mol. The molecule has 1 N–H and O–H groups in total. The summed E-state index contributed by atoms with van der Waals surface area (Å²) >= 11 is 0. The van der Waals surface area contributed by atoms with E-state index >= 15 is 0 Å². The number of piperidine rings is 1. The second-order valence-corrected chi connectivity index (χ2v) is 4.94. The summed E-state index contributed by atoms with van der Waals surface area (Å²) in [4.78, 5) is 21.4. The highest BCUT2D eigenvalue weighted by Crippen LogP contribution is 2.27. The minimum Gasteiger partial charge on any atom is -0.342 e. The van der Waals surface area contributed by atoms with Crippen molar-refractivity contribution in [2.45, 2.75) is 18.8 Å². The number of para-hydroxylation sites is 2. The van der Waals surface area contributed by atoms with Gasteiger partial charge in [-0.15, -0.1) is 0 Å². The molecule has 0 spiro atoms. The van der Waals surface area contributed by atoms with Gasteiger partial charge in [0.05, 0.1) is 11.0 Å². The van der Waals surface area contributed by atoms with Crippen molar-refractivity contribution in [1.82, 2.24) is 14.9 Å². The molecule has 1 fully saturated rings. The van der Waals surface area contributed by atoms with Gasteiger partial charge in [0, 0.05) is 19.0 Å². The third-order valence-corrected chi connectivity index (χ3v) is 3.78. The Morgan fingerprint density at radius 2 is 2.11 bits per heavy atom. The maximum absolute atomic E-state index is 11.5. The molecule has 1 aliphatic rings. The number of nitrogens with zero attached hydrogens (tertiary/aromatic N) is 2. The molecule has 1 aliphatic heterocycles. The van der Waals surface area contributed by atoms with Crippen LogP contribution in [0.5, 0.6) is 0 Å². The predicted octanol–water partition coefficient (Wildman–Crippen LogP) is 2.45. The lowest BCUT2D eigenvalue weighted by Crippen LogP contribution is -2.37. The lowest BCUT2D eigenvalue weighted by Gasteiger charge is -2.30. The van der Waals surface area contributed by atoms with Gasteiger partial charge in [0.15, 0.2) is 0 Å². The van der Waals surface area contributed by atoms with Gasteiger partial charge < -0.3 is 9.88 Å². The standard InChI is InChI=1S/C15H17N3O/c1-2-14(19)18-9-7-11(8-10-18)15-16-12-5-3-4-6-13(12)17-15/h2-6,11H,1,7-10H2,(H,16,17). The average Bonchev–Trinajstić information content (AvgIpc) is 2.90. The van der Waals surface area contributed by atoms with Crippen LogP contribution in [0.1, 0.15) is 24.6 Å². The van der Waals surface area contributed by atoms with Crippen LogP contribution >= 0.6 is 0 Å². The zero-order chi connectivity index (χ0) is 13.2. The molecule has 19 heavy (non-hydrogen) atoms. The Hall–Kier alpha value is -2.10. The number of nitrogens with one attached hydrogen (secondary N) is 1. The Morgan fingerprint density at radius 3 is 2.79 bits per heavy atom. The van der Waals surface area contributed by atoms with E-state index in [1.165, 1.54) is 6.08 Å². The molecule has 0 atom stereocenters. The van der Waals surface area contributed by atoms with E-state index in [1.807, 2.05) is 29.2 Å². The smallest absolute Gasteiger partial charge is 0.245 e. The summed E-state index contributed by atoms with van der Waals surface area (Å²) in [6.45, 7) is 5.10. The van der Waals surface area contributed by atoms with Crippen LogP contribution in [0.25, 0.3) is 11.0 Å². The topological polar surface area (TPSA) is 49.0 Å². The molecule has 0 bridgehead atoms. The number of hydrogen-bond acceptors (Lipinski definition) is 2. The van der Waals surface area contributed by atoms with Crippen LogP contribution in [0.2, 0.25) is 0 Å². The summed E-state index contributed by atoms with van der Waals surface area (Å²) in [6, 6.07) is 8.07. The molecule has 0 saturated carbocycles. The molecule has 1 aromatic carbocycles. The van der Waals surface area contributed by atoms with Crippen LogP contribution in [-0.2, 0) is 4.79 Å². The lowest BCUT2D eigenvalue weighted by atomic mass is 9.96. The first-order chi connectivity index (χ1) is 9.28. The minimum absolute atomic E-state index is 0.0306. The van der Waals surface area contributed by atoms with Gasteiger partial charge >= 0.3 is 0 Å². The largest absolute Gasteiger partial charge is 0.342 e. The van der Waals surface area contributed by atoms with E-state index in [0.29, 0.717) is 5.92 Å². The zero-order valence-electron chi connectivity index (χ0n) is 10.8. The number of aromatic nitrogens is 2. The number of carbonyl (C=O) groups is 1. The van der Waals surface area contributed by atoms with E-state index < -0.39 is 0 Å². The summed E-state index contributed by atoms with van der Waals surface area (Å²) in [5, 5.41) is 0. The van der Waals surface area contributed by atoms with E-state index in [4.69, 9.17) is 0 Å². The summed E-state index contributed by atoms with van der Waals surface area (Å²) in [7, 11) is 0. The molecular formula is C15H17N3O. The summed E-state index contributed by atoms with van der Waals surface area (Å²) < 4.78 is 0. The quantitative estimate of drug-likeness (QED) is 0.838. The third-order valence-electron chi connectivity index (χ3n) is 3.78. The molecule has 2 aromatic rings. The second kappa shape index (κ2) is 4.88. The third kappa shape index (κ3) is 2.26. The van der Waals surface area contributed by atoms with Crippen molar-refractivity contribution in [1.29, 1.82) is 0 Å². The van der Waals surface area contributed by atoms with E-state index in [2.05, 4.69) is 16.5 Å². The first-order valence-corrected chi connectivity index (χ1v) is 6.64. The van der Waals surface area contributed by atoms with Crippen molar-refractivity contribution in [2.24, 2.45) is 0 Å². The highest BCUT2D eigenvalue weighted by molar-refractivity contribution is 5.87. The first-order valence-electron chi connectivity index (χ1n) is 6.64. The van der Waals surface area contributed by atoms with Crippen LogP contribution < -0.4 is 0 Å². The maximum atomic E-state index is 11.5. The molecule has 2 heterocycles. The van der Waals surface area contributed by atoms with E-state index in [1.54, 1.807) is 0 Å². The summed E-state index contributed by atoms with van der Waals surface area (Å²) in [5.74, 6) is 1.50. The van der Waals surface area contributed by atoms with Crippen molar-refractivity contribution < 1.29 is 4.79 Å². The Kier molecular flexibility index (Phi) is 3.07. The number of rotatable bonds is 2. The Balaban J connectivity index is 1.74. The number of hydrogen-bond donors (Lipinski definition) is 1. The number of fused-ring (bicyclic) bond motifs is 1. The molecule has 3 rings (SSSR count). The number of likely N-dealkylation sites (tertiary alicyclic amines) is 1. The fraction of sp³-hybridized carbons (Fsp3) is 0.333. The van der Waals surface area contributed by atoms with Crippen molar-refractivity contribution in [3.63, 3.8) is 0 Å². The summed E-state index contributed by atoms with van der Waals surface area (Å²) in [6.07, 6.45) is 3.31. The van der Waals surface area contributed by atoms with E-state index in [0.717, 1.165) is 42.8 Å². The van der Waals surface area contributed by atoms with Gasteiger partial charge in [-0.25, -0.2) is 4.98 Å². The second-order valence-electron chi connectivity index (χ2n) is 4.94. The monoisotopic (exact) mass is 255 g/mol. The number of carbonyl (C=O) groups excluding carboxylic acids is 1. The normalized spacial score (nSPS) is 16.7. The Labute approximate surface area is 112 Å². The molecule has 1 amide bonds. The summed E-state index contributed by atoms with van der Waals surface area (Å²) in [5.41, 5.74) is 2.10. The molecule has 4 heteroatoms. The lowest BCUT2D eigenvalue weighted by molar-refractivity contribution is -0.127. The molecule has 4 nitrogen and oxygen atoms in total. The fourth-order valence-electron chi connectivity index (χ4n) is 2.67. The van der Waals surface area contributed by atoms with Gasteiger partial charge in [-0.3, -0.25) is 4.79 Å². The van der Waals surface area contributed by atoms with Gasteiger partial charge in [-0.1, -0.05) is 18.7 Å². The maximum Gasteiger partial charge on any atom is 0.245 e. The molecule has 0 unspecified atom stereocenters. The van der Waals surface area contributed by atoms with Crippen molar-refractivity contribution >= 4 is 16.9 Å². The highest BCUT2D eigenvalue weighted by atomic mass is 16.2. The van der Waals surface area contributed by atoms with Crippen LogP contribution in [0.15, 0.2) is 36.9 Å². The molecule has 1 saturated heterocycles. The van der Waals surface area contributed by atoms with Crippen LogP contribution in [-0.4, -0.2) is 33.9 Å². The number of amides is 1. The first kappa shape index (κ1) is 12.0. The molecule has 1 aromatic heterocycles. The number of H-pyrrole nitrogens is 1. The van der Waals surface area contributed by atoms with Crippen LogP contribution in [0.4, 0.5) is 0 Å². The molecule has 0 radical (unpaired) electrons. The number of benzene rings is 1. The highest BCUT2D eigenvalue weighted by Gasteiger charge is 2.24. The van der Waals surface area contributed by atoms with E-state index in [9.17, 15) is 4.79 Å².